The summed E-state index contributed by atoms with van der Waals surface area (Å²) in [5, 5.41) is 3.06. The number of pyridine rings is 1. The van der Waals surface area contributed by atoms with E-state index in [-0.39, 0.29) is 5.69 Å². The first-order valence-electron chi connectivity index (χ1n) is 5.01. The molecule has 0 radical (unpaired) electrons. The van der Waals surface area contributed by atoms with Crippen molar-refractivity contribution in [3.05, 3.63) is 35.7 Å². The Labute approximate surface area is 91.2 Å². The van der Waals surface area contributed by atoms with E-state index in [9.17, 15) is 13.2 Å². The van der Waals surface area contributed by atoms with E-state index in [4.69, 9.17) is 0 Å². The summed E-state index contributed by atoms with van der Waals surface area (Å²) in [5.41, 5.74) is 0.0892. The van der Waals surface area contributed by atoms with Gasteiger partial charge in [0, 0.05) is 12.7 Å². The van der Waals surface area contributed by atoms with E-state index < -0.39 is 11.7 Å². The fourth-order valence-electron chi connectivity index (χ4n) is 1.73. The SMILES string of the molecule is FC(F)(F)c1cccnc1C1=CCNCC1. The fourth-order valence-corrected chi connectivity index (χ4v) is 1.73. The second kappa shape index (κ2) is 4.25. The molecule has 2 rings (SSSR count). The van der Waals surface area contributed by atoms with Gasteiger partial charge in [0.2, 0.25) is 0 Å². The zero-order valence-corrected chi connectivity index (χ0v) is 8.51. The zero-order chi connectivity index (χ0) is 11.6. The Morgan fingerprint density at radius 1 is 1.31 bits per heavy atom. The highest BCUT2D eigenvalue weighted by Crippen LogP contribution is 2.34. The van der Waals surface area contributed by atoms with E-state index in [0.29, 0.717) is 25.1 Å². The summed E-state index contributed by atoms with van der Waals surface area (Å²) < 4.78 is 38.2. The highest BCUT2D eigenvalue weighted by Gasteiger charge is 2.34. The van der Waals surface area contributed by atoms with Crippen molar-refractivity contribution < 1.29 is 13.2 Å². The molecule has 16 heavy (non-hydrogen) atoms. The van der Waals surface area contributed by atoms with Crippen LogP contribution in [0.4, 0.5) is 13.2 Å². The minimum atomic E-state index is -4.34. The van der Waals surface area contributed by atoms with E-state index in [1.165, 1.54) is 12.3 Å². The van der Waals surface area contributed by atoms with Crippen LogP contribution in [0.25, 0.3) is 5.57 Å². The predicted octanol–water partition coefficient (Wildman–Crippen LogP) is 2.48. The fraction of sp³-hybridized carbons (Fsp3) is 0.364. The predicted molar refractivity (Wildman–Crippen MR) is 54.7 cm³/mol. The van der Waals surface area contributed by atoms with E-state index >= 15 is 0 Å². The molecule has 1 N–H and O–H groups in total. The van der Waals surface area contributed by atoms with Crippen LogP contribution in [-0.2, 0) is 6.18 Å². The molecule has 86 valence electrons. The highest BCUT2D eigenvalue weighted by atomic mass is 19.4. The molecule has 0 amide bonds. The quantitative estimate of drug-likeness (QED) is 0.798. The first kappa shape index (κ1) is 11.1. The highest BCUT2D eigenvalue weighted by molar-refractivity contribution is 5.66. The minimum Gasteiger partial charge on any atom is -0.313 e. The summed E-state index contributed by atoms with van der Waals surface area (Å²) >= 11 is 0. The molecular weight excluding hydrogens is 217 g/mol. The van der Waals surface area contributed by atoms with Crippen LogP contribution < -0.4 is 5.32 Å². The monoisotopic (exact) mass is 228 g/mol. The van der Waals surface area contributed by atoms with Crippen molar-refractivity contribution in [2.45, 2.75) is 12.6 Å². The maximum absolute atomic E-state index is 12.7. The van der Waals surface area contributed by atoms with Crippen molar-refractivity contribution in [1.82, 2.24) is 10.3 Å². The first-order chi connectivity index (χ1) is 7.59. The average Bonchev–Trinajstić information content (AvgIpc) is 2.29. The lowest BCUT2D eigenvalue weighted by molar-refractivity contribution is -0.138. The third-order valence-electron chi connectivity index (χ3n) is 2.48. The van der Waals surface area contributed by atoms with Crippen LogP contribution in [0.5, 0.6) is 0 Å². The van der Waals surface area contributed by atoms with Gasteiger partial charge in [-0.05, 0) is 30.7 Å². The Hall–Kier alpha value is -1.36. The summed E-state index contributed by atoms with van der Waals surface area (Å²) in [6, 6.07) is 2.39. The van der Waals surface area contributed by atoms with Crippen LogP contribution in [0.3, 0.4) is 0 Å². The van der Waals surface area contributed by atoms with Gasteiger partial charge in [-0.2, -0.15) is 13.2 Å². The first-order valence-corrected chi connectivity index (χ1v) is 5.01. The number of aromatic nitrogens is 1. The molecule has 5 heteroatoms. The van der Waals surface area contributed by atoms with Crippen LogP contribution in [0.1, 0.15) is 17.7 Å². The van der Waals surface area contributed by atoms with Crippen LogP contribution in [0.2, 0.25) is 0 Å². The smallest absolute Gasteiger partial charge is 0.313 e. The van der Waals surface area contributed by atoms with E-state index in [0.717, 1.165) is 6.07 Å². The van der Waals surface area contributed by atoms with Crippen LogP contribution in [0.15, 0.2) is 24.4 Å². The molecule has 0 unspecified atom stereocenters. The van der Waals surface area contributed by atoms with Gasteiger partial charge in [-0.3, -0.25) is 4.98 Å². The van der Waals surface area contributed by atoms with Crippen LogP contribution >= 0.6 is 0 Å². The molecule has 0 bridgehead atoms. The summed E-state index contributed by atoms with van der Waals surface area (Å²) in [7, 11) is 0. The van der Waals surface area contributed by atoms with Gasteiger partial charge >= 0.3 is 6.18 Å². The van der Waals surface area contributed by atoms with Gasteiger partial charge in [0.05, 0.1) is 11.3 Å². The standard InChI is InChI=1S/C11H11F3N2/c12-11(13,14)9-2-1-5-16-10(9)8-3-6-15-7-4-8/h1-3,5,15H,4,6-7H2. The lowest BCUT2D eigenvalue weighted by Gasteiger charge is -2.17. The van der Waals surface area contributed by atoms with Gasteiger partial charge in [-0.25, -0.2) is 0 Å². The maximum Gasteiger partial charge on any atom is 0.418 e. The largest absolute Gasteiger partial charge is 0.418 e. The second-order valence-electron chi connectivity index (χ2n) is 3.58. The molecule has 1 aromatic heterocycles. The van der Waals surface area contributed by atoms with E-state index in [2.05, 4.69) is 10.3 Å². The normalized spacial score (nSPS) is 17.1. The molecule has 0 fully saturated rings. The Morgan fingerprint density at radius 2 is 2.12 bits per heavy atom. The Morgan fingerprint density at radius 3 is 2.75 bits per heavy atom. The summed E-state index contributed by atoms with van der Waals surface area (Å²) in [4.78, 5) is 3.85. The lowest BCUT2D eigenvalue weighted by atomic mass is 10.0. The summed E-state index contributed by atoms with van der Waals surface area (Å²) in [5.74, 6) is 0. The van der Waals surface area contributed by atoms with Crippen molar-refractivity contribution in [3.63, 3.8) is 0 Å². The number of alkyl halides is 3. The van der Waals surface area contributed by atoms with Gasteiger partial charge in [-0.15, -0.1) is 0 Å². The number of rotatable bonds is 1. The Kier molecular flexibility index (Phi) is 2.96. The van der Waals surface area contributed by atoms with Crippen molar-refractivity contribution in [1.29, 1.82) is 0 Å². The molecule has 0 saturated carbocycles. The molecule has 0 saturated heterocycles. The van der Waals surface area contributed by atoms with Crippen molar-refractivity contribution >= 4 is 5.57 Å². The van der Waals surface area contributed by atoms with Gasteiger partial charge < -0.3 is 5.32 Å². The van der Waals surface area contributed by atoms with Crippen molar-refractivity contribution in [2.24, 2.45) is 0 Å². The Balaban J connectivity index is 2.44. The van der Waals surface area contributed by atoms with Crippen LogP contribution in [-0.4, -0.2) is 18.1 Å². The molecular formula is C11H11F3N2. The van der Waals surface area contributed by atoms with Crippen molar-refractivity contribution in [3.8, 4) is 0 Å². The van der Waals surface area contributed by atoms with Gasteiger partial charge in [0.15, 0.2) is 0 Å². The molecule has 1 aromatic rings. The number of nitrogens with one attached hydrogen (secondary N) is 1. The van der Waals surface area contributed by atoms with E-state index in [1.807, 2.05) is 0 Å². The van der Waals surface area contributed by atoms with Gasteiger partial charge in [0.25, 0.3) is 0 Å². The molecule has 1 aliphatic heterocycles. The molecule has 0 aliphatic carbocycles. The summed E-state index contributed by atoms with van der Waals surface area (Å²) in [6.45, 7) is 1.29. The third-order valence-corrected chi connectivity index (χ3v) is 2.48. The number of nitrogens with zero attached hydrogens (tertiary/aromatic N) is 1. The number of hydrogen-bond donors (Lipinski definition) is 1. The van der Waals surface area contributed by atoms with E-state index in [1.54, 1.807) is 6.08 Å². The van der Waals surface area contributed by atoms with Gasteiger partial charge in [0.1, 0.15) is 0 Å². The maximum atomic E-state index is 12.7. The van der Waals surface area contributed by atoms with Crippen LogP contribution in [0, 0.1) is 0 Å². The number of hydrogen-bond acceptors (Lipinski definition) is 2. The minimum absolute atomic E-state index is 0.0662. The second-order valence-corrected chi connectivity index (χ2v) is 3.58. The topological polar surface area (TPSA) is 24.9 Å². The number of halogens is 3. The third kappa shape index (κ3) is 2.24. The Bertz CT molecular complexity index is 410. The molecule has 2 heterocycles. The molecule has 0 atom stereocenters. The zero-order valence-electron chi connectivity index (χ0n) is 8.51. The molecule has 2 nitrogen and oxygen atoms in total. The molecule has 1 aliphatic rings. The molecule has 0 spiro atoms. The summed E-state index contributed by atoms with van der Waals surface area (Å²) in [6.07, 6.45) is -0.593. The van der Waals surface area contributed by atoms with Crippen molar-refractivity contribution in [2.75, 3.05) is 13.1 Å². The van der Waals surface area contributed by atoms with Gasteiger partial charge in [-0.1, -0.05) is 6.08 Å². The lowest BCUT2D eigenvalue weighted by Crippen LogP contribution is -2.21. The molecule has 0 aromatic carbocycles. The average molecular weight is 228 g/mol.